The van der Waals surface area contributed by atoms with Crippen molar-refractivity contribution in [1.82, 2.24) is 15.2 Å². The fourth-order valence-corrected chi connectivity index (χ4v) is 2.66. The Bertz CT molecular complexity index is 550. The van der Waals surface area contributed by atoms with E-state index in [0.717, 1.165) is 5.56 Å². The van der Waals surface area contributed by atoms with Gasteiger partial charge in [-0.25, -0.2) is 4.98 Å². The molecule has 0 spiro atoms. The number of hydrogen-bond donors (Lipinski definition) is 3. The van der Waals surface area contributed by atoms with Crippen LogP contribution in [-0.4, -0.2) is 63.9 Å². The molecule has 6 nitrogen and oxygen atoms in total. The van der Waals surface area contributed by atoms with E-state index in [-0.39, 0.29) is 18.6 Å². The summed E-state index contributed by atoms with van der Waals surface area (Å²) in [7, 11) is 0. The Morgan fingerprint density at radius 3 is 2.96 bits per heavy atom. The minimum atomic E-state index is -0.809. The SMILES string of the molecule is CCC(=O)NC1CN(C/C=C/c2ccc(F)nc2)C(CO)C1O. The smallest absolute Gasteiger partial charge is 0.220 e. The zero-order chi connectivity index (χ0) is 16.8. The number of carbonyl (C=O) groups is 1. The van der Waals surface area contributed by atoms with Crippen molar-refractivity contribution in [3.63, 3.8) is 0 Å². The zero-order valence-electron chi connectivity index (χ0n) is 13.0. The number of nitrogens with one attached hydrogen (secondary N) is 1. The molecule has 3 N–H and O–H groups in total. The van der Waals surface area contributed by atoms with E-state index in [2.05, 4.69) is 10.3 Å². The minimum absolute atomic E-state index is 0.125. The lowest BCUT2D eigenvalue weighted by molar-refractivity contribution is -0.122. The van der Waals surface area contributed by atoms with E-state index < -0.39 is 18.1 Å². The van der Waals surface area contributed by atoms with Crippen molar-refractivity contribution in [2.24, 2.45) is 0 Å². The lowest BCUT2D eigenvalue weighted by atomic mass is 10.1. The molecule has 0 saturated carbocycles. The summed E-state index contributed by atoms with van der Waals surface area (Å²) in [4.78, 5) is 17.0. The van der Waals surface area contributed by atoms with Crippen LogP contribution >= 0.6 is 0 Å². The number of nitrogens with zero attached hydrogens (tertiary/aromatic N) is 2. The fourth-order valence-electron chi connectivity index (χ4n) is 2.66. The molecule has 1 aliphatic heterocycles. The minimum Gasteiger partial charge on any atom is -0.395 e. The monoisotopic (exact) mass is 323 g/mol. The highest BCUT2D eigenvalue weighted by Gasteiger charge is 2.40. The van der Waals surface area contributed by atoms with Crippen molar-refractivity contribution in [3.05, 3.63) is 35.9 Å². The van der Waals surface area contributed by atoms with Crippen LogP contribution in [0.3, 0.4) is 0 Å². The molecule has 1 aromatic rings. The number of hydrogen-bond acceptors (Lipinski definition) is 5. The Morgan fingerprint density at radius 1 is 1.57 bits per heavy atom. The molecule has 0 aliphatic carbocycles. The topological polar surface area (TPSA) is 85.7 Å². The first-order valence-corrected chi connectivity index (χ1v) is 7.65. The van der Waals surface area contributed by atoms with Crippen LogP contribution in [0.25, 0.3) is 6.08 Å². The highest BCUT2D eigenvalue weighted by molar-refractivity contribution is 5.76. The second kappa shape index (κ2) is 8.14. The molecule has 1 amide bonds. The first kappa shape index (κ1) is 17.5. The first-order valence-electron chi connectivity index (χ1n) is 7.65. The first-order chi connectivity index (χ1) is 11.0. The predicted molar refractivity (Wildman–Crippen MR) is 83.9 cm³/mol. The average Bonchev–Trinajstić information content (AvgIpc) is 2.84. The van der Waals surface area contributed by atoms with E-state index in [1.807, 2.05) is 11.0 Å². The molecular formula is C16H22FN3O3. The van der Waals surface area contributed by atoms with Crippen LogP contribution in [0.1, 0.15) is 18.9 Å². The van der Waals surface area contributed by atoms with Crippen molar-refractivity contribution >= 4 is 12.0 Å². The van der Waals surface area contributed by atoms with Gasteiger partial charge < -0.3 is 15.5 Å². The summed E-state index contributed by atoms with van der Waals surface area (Å²) in [6.07, 6.45) is 4.62. The summed E-state index contributed by atoms with van der Waals surface area (Å²) in [5.41, 5.74) is 0.766. The normalized spacial score (nSPS) is 25.1. The Morgan fingerprint density at radius 2 is 2.35 bits per heavy atom. The van der Waals surface area contributed by atoms with Crippen LogP contribution in [0, 0.1) is 5.95 Å². The van der Waals surface area contributed by atoms with Gasteiger partial charge in [0.05, 0.1) is 24.8 Å². The molecule has 1 fully saturated rings. The molecule has 1 saturated heterocycles. The van der Waals surface area contributed by atoms with Gasteiger partial charge in [0.1, 0.15) is 0 Å². The number of aliphatic hydroxyl groups excluding tert-OH is 2. The predicted octanol–water partition coefficient (Wildman–Crippen LogP) is 0.166. The van der Waals surface area contributed by atoms with Crippen LogP contribution < -0.4 is 5.32 Å². The average molecular weight is 323 g/mol. The third-order valence-corrected chi connectivity index (χ3v) is 3.96. The zero-order valence-corrected chi connectivity index (χ0v) is 13.0. The number of pyridine rings is 1. The maximum Gasteiger partial charge on any atom is 0.220 e. The van der Waals surface area contributed by atoms with E-state index in [9.17, 15) is 19.4 Å². The molecule has 2 rings (SSSR count). The number of likely N-dealkylation sites (tertiary alicyclic amines) is 1. The quantitative estimate of drug-likeness (QED) is 0.650. The van der Waals surface area contributed by atoms with Crippen molar-refractivity contribution in [2.45, 2.75) is 31.5 Å². The Labute approximate surface area is 134 Å². The van der Waals surface area contributed by atoms with Gasteiger partial charge in [-0.15, -0.1) is 0 Å². The second-order valence-electron chi connectivity index (χ2n) is 5.54. The van der Waals surface area contributed by atoms with Gasteiger partial charge >= 0.3 is 0 Å². The highest BCUT2D eigenvalue weighted by atomic mass is 19.1. The lowest BCUT2D eigenvalue weighted by Gasteiger charge is -2.22. The number of aliphatic hydroxyl groups is 2. The standard InChI is InChI=1S/C16H22FN3O3/c1-2-15(22)19-12-9-20(13(10-21)16(12)23)7-3-4-11-5-6-14(17)18-8-11/h3-6,8,12-13,16,21,23H,2,7,9-10H2,1H3,(H,19,22)/b4-3+. The summed E-state index contributed by atoms with van der Waals surface area (Å²) in [5, 5.41) is 22.5. The van der Waals surface area contributed by atoms with E-state index in [0.29, 0.717) is 19.5 Å². The van der Waals surface area contributed by atoms with Crippen LogP contribution in [0.5, 0.6) is 0 Å². The van der Waals surface area contributed by atoms with E-state index >= 15 is 0 Å². The number of carbonyl (C=O) groups excluding carboxylic acids is 1. The largest absolute Gasteiger partial charge is 0.395 e. The van der Waals surface area contributed by atoms with Crippen molar-refractivity contribution in [2.75, 3.05) is 19.7 Å². The second-order valence-corrected chi connectivity index (χ2v) is 5.54. The molecule has 3 unspecified atom stereocenters. The van der Waals surface area contributed by atoms with Crippen LogP contribution in [0.2, 0.25) is 0 Å². The van der Waals surface area contributed by atoms with Gasteiger partial charge in [0.2, 0.25) is 11.9 Å². The van der Waals surface area contributed by atoms with Gasteiger partial charge in [-0.05, 0) is 17.7 Å². The molecule has 0 aromatic carbocycles. The lowest BCUT2D eigenvalue weighted by Crippen LogP contribution is -2.45. The molecule has 2 heterocycles. The Hall–Kier alpha value is -1.83. The van der Waals surface area contributed by atoms with Gasteiger partial charge in [-0.2, -0.15) is 4.39 Å². The maximum atomic E-state index is 12.7. The fraction of sp³-hybridized carbons (Fsp3) is 0.500. The number of halogens is 1. The summed E-state index contributed by atoms with van der Waals surface area (Å²) >= 11 is 0. The number of amides is 1. The van der Waals surface area contributed by atoms with Gasteiger partial charge in [0.25, 0.3) is 0 Å². The molecule has 1 aromatic heterocycles. The summed E-state index contributed by atoms with van der Waals surface area (Å²) in [6, 6.07) is 2.09. The summed E-state index contributed by atoms with van der Waals surface area (Å²) < 4.78 is 12.7. The van der Waals surface area contributed by atoms with Gasteiger partial charge in [0, 0.05) is 25.7 Å². The molecule has 0 radical (unpaired) electrons. The molecule has 3 atom stereocenters. The van der Waals surface area contributed by atoms with E-state index in [4.69, 9.17) is 0 Å². The molecule has 7 heteroatoms. The Kier molecular flexibility index (Phi) is 6.20. The highest BCUT2D eigenvalue weighted by Crippen LogP contribution is 2.18. The molecular weight excluding hydrogens is 301 g/mol. The third kappa shape index (κ3) is 4.57. The third-order valence-electron chi connectivity index (χ3n) is 3.96. The van der Waals surface area contributed by atoms with Crippen LogP contribution in [0.4, 0.5) is 4.39 Å². The van der Waals surface area contributed by atoms with Gasteiger partial charge in [-0.1, -0.05) is 19.1 Å². The van der Waals surface area contributed by atoms with Crippen LogP contribution in [0.15, 0.2) is 24.4 Å². The number of rotatable bonds is 6. The summed E-state index contributed by atoms with van der Waals surface area (Å²) in [6.45, 7) is 2.52. The van der Waals surface area contributed by atoms with Crippen molar-refractivity contribution in [1.29, 1.82) is 0 Å². The molecule has 0 bridgehead atoms. The van der Waals surface area contributed by atoms with E-state index in [1.54, 1.807) is 19.1 Å². The van der Waals surface area contributed by atoms with Crippen molar-refractivity contribution in [3.8, 4) is 0 Å². The number of aromatic nitrogens is 1. The summed E-state index contributed by atoms with van der Waals surface area (Å²) in [5.74, 6) is -0.653. The maximum absolute atomic E-state index is 12.7. The molecule has 1 aliphatic rings. The molecule has 23 heavy (non-hydrogen) atoms. The van der Waals surface area contributed by atoms with Gasteiger partial charge in [0.15, 0.2) is 0 Å². The Balaban J connectivity index is 1.95. The van der Waals surface area contributed by atoms with E-state index in [1.165, 1.54) is 12.3 Å². The molecule has 126 valence electrons. The van der Waals surface area contributed by atoms with Gasteiger partial charge in [-0.3, -0.25) is 9.69 Å². The van der Waals surface area contributed by atoms with Crippen LogP contribution in [-0.2, 0) is 4.79 Å². The van der Waals surface area contributed by atoms with Crippen molar-refractivity contribution < 1.29 is 19.4 Å².